The molecule has 0 saturated carbocycles. The van der Waals surface area contributed by atoms with E-state index in [1.165, 1.54) is 4.68 Å². The Morgan fingerprint density at radius 1 is 0.967 bits per heavy atom. The number of benzene rings is 1. The predicted octanol–water partition coefficient (Wildman–Crippen LogP) is 1.61. The van der Waals surface area contributed by atoms with E-state index in [0.717, 1.165) is 55.3 Å². The van der Waals surface area contributed by atoms with Gasteiger partial charge in [0.1, 0.15) is 5.82 Å². The average molecular weight is 403 g/mol. The molecular formula is C23H25N5O2. The molecule has 154 valence electrons. The van der Waals surface area contributed by atoms with Crippen molar-refractivity contribution >= 4 is 0 Å². The van der Waals surface area contributed by atoms with Crippen LogP contribution in [0.5, 0.6) is 0 Å². The first-order valence-corrected chi connectivity index (χ1v) is 10.4. The Balaban J connectivity index is 1.36. The van der Waals surface area contributed by atoms with Crippen LogP contribution in [0.2, 0.25) is 0 Å². The average Bonchev–Trinajstić information content (AvgIpc) is 3.29. The Morgan fingerprint density at radius 3 is 2.60 bits per heavy atom. The number of hydrogen-bond acceptors (Lipinski definition) is 5. The minimum absolute atomic E-state index is 0.0264. The summed E-state index contributed by atoms with van der Waals surface area (Å²) in [7, 11) is 0. The van der Waals surface area contributed by atoms with Crippen LogP contribution in [0.3, 0.4) is 0 Å². The molecule has 1 atom stereocenters. The van der Waals surface area contributed by atoms with E-state index in [0.29, 0.717) is 13.1 Å². The number of nitrogens with zero attached hydrogens (tertiary/aromatic N) is 5. The molecule has 2 aliphatic heterocycles. The molecule has 7 nitrogen and oxygen atoms in total. The fraction of sp³-hybridized carbons (Fsp3) is 0.391. The van der Waals surface area contributed by atoms with Crippen molar-refractivity contribution in [1.29, 1.82) is 0 Å². The molecule has 0 amide bonds. The molecule has 1 saturated heterocycles. The van der Waals surface area contributed by atoms with Crippen molar-refractivity contribution in [2.24, 2.45) is 5.41 Å². The molecule has 0 aliphatic carbocycles. The molecule has 1 spiro atoms. The first-order chi connectivity index (χ1) is 14.5. The van der Waals surface area contributed by atoms with Gasteiger partial charge in [-0.05, 0) is 37.6 Å². The van der Waals surface area contributed by atoms with Gasteiger partial charge < -0.3 is 0 Å². The van der Waals surface area contributed by atoms with Crippen molar-refractivity contribution in [2.45, 2.75) is 39.4 Å². The lowest BCUT2D eigenvalue weighted by Crippen LogP contribution is -2.43. The van der Waals surface area contributed by atoms with Crippen LogP contribution in [0.4, 0.5) is 0 Å². The van der Waals surface area contributed by atoms with Crippen molar-refractivity contribution in [3.8, 4) is 0 Å². The summed E-state index contributed by atoms with van der Waals surface area (Å²) in [6, 6.07) is 15.8. The topological polar surface area (TPSA) is 73.0 Å². The summed E-state index contributed by atoms with van der Waals surface area (Å²) in [5, 5.41) is 4.58. The van der Waals surface area contributed by atoms with Crippen molar-refractivity contribution in [3.63, 3.8) is 0 Å². The van der Waals surface area contributed by atoms with E-state index in [2.05, 4.69) is 21.0 Å². The van der Waals surface area contributed by atoms with E-state index in [1.54, 1.807) is 4.57 Å². The third-order valence-electron chi connectivity index (χ3n) is 6.26. The lowest BCUT2D eigenvalue weighted by atomic mass is 9.86. The second kappa shape index (κ2) is 7.32. The summed E-state index contributed by atoms with van der Waals surface area (Å²) >= 11 is 0. The molecule has 2 aliphatic rings. The normalized spacial score (nSPS) is 20.7. The first kappa shape index (κ1) is 18.9. The third kappa shape index (κ3) is 3.50. The van der Waals surface area contributed by atoms with Crippen molar-refractivity contribution in [1.82, 2.24) is 24.2 Å². The number of aromatic nitrogens is 4. The molecule has 1 aromatic carbocycles. The SMILES string of the molecule is Cc1cccc(CN2CC[C@@]3(Cc4nn(Cc5ccccc5)c(=O)c(=O)n4C3)C2)n1. The molecule has 4 heterocycles. The second-order valence-electron chi connectivity index (χ2n) is 8.66. The Hall–Kier alpha value is -3.06. The van der Waals surface area contributed by atoms with E-state index in [1.807, 2.05) is 49.4 Å². The summed E-state index contributed by atoms with van der Waals surface area (Å²) in [6.07, 6.45) is 1.73. The molecule has 0 unspecified atom stereocenters. The zero-order valence-electron chi connectivity index (χ0n) is 17.1. The summed E-state index contributed by atoms with van der Waals surface area (Å²) in [5.41, 5.74) is 2.03. The van der Waals surface area contributed by atoms with Gasteiger partial charge in [0.15, 0.2) is 0 Å². The number of hydrogen-bond donors (Lipinski definition) is 0. The van der Waals surface area contributed by atoms with Crippen LogP contribution in [0.15, 0.2) is 58.1 Å². The fourth-order valence-corrected chi connectivity index (χ4v) is 4.82. The monoisotopic (exact) mass is 403 g/mol. The molecule has 0 N–H and O–H groups in total. The number of pyridine rings is 1. The van der Waals surface area contributed by atoms with Gasteiger partial charge in [0.05, 0.1) is 12.2 Å². The van der Waals surface area contributed by atoms with Gasteiger partial charge in [0.25, 0.3) is 0 Å². The molecule has 30 heavy (non-hydrogen) atoms. The van der Waals surface area contributed by atoms with Gasteiger partial charge in [-0.15, -0.1) is 0 Å². The van der Waals surface area contributed by atoms with Crippen LogP contribution in [-0.2, 0) is 26.1 Å². The highest BCUT2D eigenvalue weighted by molar-refractivity contribution is 5.15. The Labute approximate surface area is 174 Å². The predicted molar refractivity (Wildman–Crippen MR) is 113 cm³/mol. The minimum atomic E-state index is -0.543. The Bertz CT molecular complexity index is 1200. The summed E-state index contributed by atoms with van der Waals surface area (Å²) in [6.45, 7) is 5.56. The molecule has 5 rings (SSSR count). The highest BCUT2D eigenvalue weighted by Gasteiger charge is 2.44. The molecular weight excluding hydrogens is 378 g/mol. The number of aryl methyl sites for hydroxylation is 1. The lowest BCUT2D eigenvalue weighted by molar-refractivity contribution is 0.244. The first-order valence-electron chi connectivity index (χ1n) is 10.4. The molecule has 0 radical (unpaired) electrons. The van der Waals surface area contributed by atoms with Gasteiger partial charge >= 0.3 is 11.1 Å². The summed E-state index contributed by atoms with van der Waals surface area (Å²) < 4.78 is 2.93. The molecule has 3 aromatic rings. The van der Waals surface area contributed by atoms with E-state index in [-0.39, 0.29) is 5.41 Å². The Morgan fingerprint density at radius 2 is 1.80 bits per heavy atom. The number of fused-ring (bicyclic) bond motifs is 1. The van der Waals surface area contributed by atoms with Gasteiger partial charge in [-0.25, -0.2) is 4.68 Å². The summed E-state index contributed by atoms with van der Waals surface area (Å²) in [5.74, 6) is 0.728. The highest BCUT2D eigenvalue weighted by atomic mass is 16.2. The van der Waals surface area contributed by atoms with Crippen LogP contribution in [-0.4, -0.2) is 37.3 Å². The fourth-order valence-electron chi connectivity index (χ4n) is 4.82. The van der Waals surface area contributed by atoms with Gasteiger partial charge in [0.2, 0.25) is 0 Å². The maximum absolute atomic E-state index is 12.8. The van der Waals surface area contributed by atoms with E-state index in [4.69, 9.17) is 0 Å². The highest BCUT2D eigenvalue weighted by Crippen LogP contribution is 2.39. The van der Waals surface area contributed by atoms with E-state index < -0.39 is 11.1 Å². The van der Waals surface area contributed by atoms with Crippen molar-refractivity contribution < 1.29 is 0 Å². The van der Waals surface area contributed by atoms with Crippen LogP contribution in [0.1, 0.15) is 29.2 Å². The molecule has 1 fully saturated rings. The molecule has 0 bridgehead atoms. The number of rotatable bonds is 4. The zero-order chi connectivity index (χ0) is 20.7. The third-order valence-corrected chi connectivity index (χ3v) is 6.26. The van der Waals surface area contributed by atoms with Crippen LogP contribution < -0.4 is 11.1 Å². The van der Waals surface area contributed by atoms with Crippen molar-refractivity contribution in [2.75, 3.05) is 13.1 Å². The van der Waals surface area contributed by atoms with Gasteiger partial charge in [0, 0.05) is 37.2 Å². The van der Waals surface area contributed by atoms with Gasteiger partial charge in [-0.2, -0.15) is 5.10 Å². The van der Waals surface area contributed by atoms with E-state index in [9.17, 15) is 9.59 Å². The minimum Gasteiger partial charge on any atom is -0.297 e. The smallest absolute Gasteiger partial charge is 0.297 e. The number of likely N-dealkylation sites (tertiary alicyclic amines) is 1. The van der Waals surface area contributed by atoms with Gasteiger partial charge in [-0.3, -0.25) is 24.0 Å². The van der Waals surface area contributed by atoms with Crippen LogP contribution in [0, 0.1) is 12.3 Å². The van der Waals surface area contributed by atoms with Gasteiger partial charge in [-0.1, -0.05) is 36.4 Å². The second-order valence-corrected chi connectivity index (χ2v) is 8.66. The van der Waals surface area contributed by atoms with Crippen molar-refractivity contribution in [3.05, 3.63) is 92.0 Å². The lowest BCUT2D eigenvalue weighted by Gasteiger charge is -2.22. The van der Waals surface area contributed by atoms with Crippen LogP contribution >= 0.6 is 0 Å². The standard InChI is InChI=1S/C23H25N5O2/c1-17-6-5-9-19(24-17)14-26-11-10-23(15-26)12-20-25-28(13-18-7-3-2-4-8-18)22(30)21(29)27(20)16-23/h2-9H,10-16H2,1H3/t23-/m1/s1. The maximum Gasteiger partial charge on any atom is 0.332 e. The Kier molecular flexibility index (Phi) is 4.62. The quantitative estimate of drug-likeness (QED) is 0.619. The van der Waals surface area contributed by atoms with Crippen LogP contribution in [0.25, 0.3) is 0 Å². The summed E-state index contributed by atoms with van der Waals surface area (Å²) in [4.78, 5) is 32.4. The van der Waals surface area contributed by atoms with E-state index >= 15 is 0 Å². The molecule has 7 heteroatoms. The zero-order valence-corrected chi connectivity index (χ0v) is 17.1. The maximum atomic E-state index is 12.8. The molecule has 2 aromatic heterocycles. The largest absolute Gasteiger partial charge is 0.332 e.